The van der Waals surface area contributed by atoms with Crippen LogP contribution in [0.4, 0.5) is 5.69 Å². The van der Waals surface area contributed by atoms with E-state index in [-0.39, 0.29) is 11.8 Å². The van der Waals surface area contributed by atoms with Gasteiger partial charge in [-0.25, -0.2) is 0 Å². The zero-order valence-electron chi connectivity index (χ0n) is 13.9. The summed E-state index contributed by atoms with van der Waals surface area (Å²) in [6.45, 7) is 10.1. The minimum Gasteiger partial charge on any atom is -0.368 e. The lowest BCUT2D eigenvalue weighted by molar-refractivity contribution is -0.148. The topological polar surface area (TPSA) is 52.7 Å². The van der Waals surface area contributed by atoms with Crippen molar-refractivity contribution >= 4 is 17.5 Å². The van der Waals surface area contributed by atoms with Crippen LogP contribution in [0.15, 0.2) is 43.0 Å². The molecule has 5 nitrogen and oxygen atoms in total. The first-order valence-corrected chi connectivity index (χ1v) is 7.95. The fraction of sp³-hybridized carbons (Fsp3) is 0.444. The highest BCUT2D eigenvalue weighted by Crippen LogP contribution is 2.22. The van der Waals surface area contributed by atoms with E-state index in [0.717, 1.165) is 13.1 Å². The normalized spacial score (nSPS) is 15.2. The molecule has 1 aromatic carbocycles. The van der Waals surface area contributed by atoms with Crippen LogP contribution in [0.2, 0.25) is 0 Å². The summed E-state index contributed by atoms with van der Waals surface area (Å²) in [7, 11) is 0. The van der Waals surface area contributed by atoms with Gasteiger partial charge in [-0.2, -0.15) is 0 Å². The van der Waals surface area contributed by atoms with Crippen LogP contribution >= 0.6 is 0 Å². The predicted octanol–water partition coefficient (Wildman–Crippen LogP) is 1.66. The Hall–Kier alpha value is -2.30. The van der Waals surface area contributed by atoms with Crippen molar-refractivity contribution in [1.29, 1.82) is 0 Å². The molecule has 1 saturated heterocycles. The molecule has 1 N–H and O–H groups in total. The molecule has 1 aliphatic rings. The van der Waals surface area contributed by atoms with Gasteiger partial charge in [0.05, 0.1) is 0 Å². The number of nitrogens with one attached hydrogen (secondary N) is 1. The van der Waals surface area contributed by atoms with Gasteiger partial charge in [0.25, 0.3) is 0 Å². The second kappa shape index (κ2) is 7.31. The van der Waals surface area contributed by atoms with E-state index in [1.54, 1.807) is 24.8 Å². The summed E-state index contributed by atoms with van der Waals surface area (Å²) in [5.41, 5.74) is 0.111. The van der Waals surface area contributed by atoms with Crippen molar-refractivity contribution in [3.63, 3.8) is 0 Å². The molecule has 2 amide bonds. The number of benzene rings is 1. The molecule has 0 aliphatic carbocycles. The van der Waals surface area contributed by atoms with Crippen molar-refractivity contribution in [3.05, 3.63) is 43.0 Å². The molecule has 0 unspecified atom stereocenters. The van der Waals surface area contributed by atoms with Gasteiger partial charge < -0.3 is 15.1 Å². The molecule has 0 aromatic heterocycles. The number of rotatable bonds is 5. The minimum absolute atomic E-state index is 0.119. The second-order valence-corrected chi connectivity index (χ2v) is 6.24. The van der Waals surface area contributed by atoms with Crippen LogP contribution in [-0.2, 0) is 9.59 Å². The molecule has 5 heteroatoms. The molecule has 23 heavy (non-hydrogen) atoms. The maximum Gasteiger partial charge on any atom is 0.237 e. The Morgan fingerprint density at radius 1 is 1.17 bits per heavy atom. The van der Waals surface area contributed by atoms with E-state index < -0.39 is 5.41 Å². The first-order valence-electron chi connectivity index (χ1n) is 7.95. The van der Waals surface area contributed by atoms with Gasteiger partial charge in [0.1, 0.15) is 5.41 Å². The number of carbonyl (C=O) groups is 2. The van der Waals surface area contributed by atoms with Gasteiger partial charge in [0.2, 0.25) is 11.8 Å². The second-order valence-electron chi connectivity index (χ2n) is 6.24. The van der Waals surface area contributed by atoms with Crippen LogP contribution < -0.4 is 10.2 Å². The third-order valence-electron chi connectivity index (χ3n) is 4.20. The maximum absolute atomic E-state index is 12.7. The Bertz CT molecular complexity index is 561. The fourth-order valence-electron chi connectivity index (χ4n) is 2.68. The van der Waals surface area contributed by atoms with Crippen LogP contribution in [0, 0.1) is 5.41 Å². The quantitative estimate of drug-likeness (QED) is 0.664. The van der Waals surface area contributed by atoms with Crippen LogP contribution in [-0.4, -0.2) is 49.4 Å². The van der Waals surface area contributed by atoms with Crippen molar-refractivity contribution in [2.24, 2.45) is 5.41 Å². The highest BCUT2D eigenvalue weighted by molar-refractivity contribution is 6.04. The smallest absolute Gasteiger partial charge is 0.237 e. The summed E-state index contributed by atoms with van der Waals surface area (Å²) >= 11 is 0. The first kappa shape index (κ1) is 17.1. The van der Waals surface area contributed by atoms with Crippen molar-refractivity contribution in [1.82, 2.24) is 10.2 Å². The van der Waals surface area contributed by atoms with Crippen LogP contribution in [0.1, 0.15) is 13.8 Å². The Morgan fingerprint density at radius 2 is 1.78 bits per heavy atom. The highest BCUT2D eigenvalue weighted by atomic mass is 16.2. The number of hydrogen-bond donors (Lipinski definition) is 1. The van der Waals surface area contributed by atoms with Crippen molar-refractivity contribution in [2.45, 2.75) is 13.8 Å². The highest BCUT2D eigenvalue weighted by Gasteiger charge is 2.39. The average Bonchev–Trinajstić information content (AvgIpc) is 2.59. The zero-order chi connectivity index (χ0) is 16.9. The third-order valence-corrected chi connectivity index (χ3v) is 4.20. The average molecular weight is 315 g/mol. The Labute approximate surface area is 138 Å². The molecule has 1 fully saturated rings. The molecule has 0 atom stereocenters. The van der Waals surface area contributed by atoms with Crippen LogP contribution in [0.3, 0.4) is 0 Å². The molecule has 1 aliphatic heterocycles. The zero-order valence-corrected chi connectivity index (χ0v) is 13.9. The Morgan fingerprint density at radius 3 is 2.35 bits per heavy atom. The summed E-state index contributed by atoms with van der Waals surface area (Å²) in [6, 6.07) is 10.2. The van der Waals surface area contributed by atoms with Crippen molar-refractivity contribution < 1.29 is 9.59 Å². The first-order chi connectivity index (χ1) is 11.0. The number of piperazine rings is 1. The van der Waals surface area contributed by atoms with Gasteiger partial charge in [0.15, 0.2) is 0 Å². The summed E-state index contributed by atoms with van der Waals surface area (Å²) in [4.78, 5) is 28.9. The summed E-state index contributed by atoms with van der Waals surface area (Å²) in [5, 5.41) is 2.71. The summed E-state index contributed by atoms with van der Waals surface area (Å²) in [6.07, 6.45) is 1.61. The number of hydrogen-bond acceptors (Lipinski definition) is 3. The van der Waals surface area contributed by atoms with E-state index in [1.807, 2.05) is 18.2 Å². The summed E-state index contributed by atoms with van der Waals surface area (Å²) < 4.78 is 0. The van der Waals surface area contributed by atoms with Gasteiger partial charge in [0, 0.05) is 38.4 Å². The van der Waals surface area contributed by atoms with E-state index in [0.29, 0.717) is 19.6 Å². The molecule has 0 bridgehead atoms. The summed E-state index contributed by atoms with van der Waals surface area (Å²) in [5.74, 6) is -0.375. The standard InChI is InChI=1S/C18H25N3O2/c1-4-10-19-16(22)18(2,3)17(23)21-13-11-20(12-14-21)15-8-6-5-7-9-15/h4-9H,1,10-14H2,2-3H3,(H,19,22). The molecular weight excluding hydrogens is 290 g/mol. The Balaban J connectivity index is 1.95. The monoisotopic (exact) mass is 315 g/mol. The van der Waals surface area contributed by atoms with E-state index in [9.17, 15) is 9.59 Å². The van der Waals surface area contributed by atoms with Crippen molar-refractivity contribution in [3.8, 4) is 0 Å². The molecular formula is C18H25N3O2. The minimum atomic E-state index is -1.06. The van der Waals surface area contributed by atoms with Gasteiger partial charge in [-0.1, -0.05) is 24.3 Å². The molecule has 2 rings (SSSR count). The fourth-order valence-corrected chi connectivity index (χ4v) is 2.68. The van der Waals surface area contributed by atoms with Gasteiger partial charge in [-0.3, -0.25) is 9.59 Å². The number of anilines is 1. The van der Waals surface area contributed by atoms with E-state index >= 15 is 0 Å². The molecule has 1 aromatic rings. The molecule has 0 radical (unpaired) electrons. The molecule has 0 spiro atoms. The number of nitrogens with zero attached hydrogens (tertiary/aromatic N) is 2. The lowest BCUT2D eigenvalue weighted by Crippen LogP contribution is -2.55. The molecule has 0 saturated carbocycles. The third kappa shape index (κ3) is 3.92. The maximum atomic E-state index is 12.7. The number of para-hydroxylation sites is 1. The SMILES string of the molecule is C=CCNC(=O)C(C)(C)C(=O)N1CCN(c2ccccc2)CC1. The number of amides is 2. The lowest BCUT2D eigenvalue weighted by Gasteiger charge is -2.39. The van der Waals surface area contributed by atoms with E-state index in [1.165, 1.54) is 5.69 Å². The van der Waals surface area contributed by atoms with Crippen LogP contribution in [0.5, 0.6) is 0 Å². The van der Waals surface area contributed by atoms with Gasteiger partial charge >= 0.3 is 0 Å². The molecule has 124 valence electrons. The Kier molecular flexibility index (Phi) is 5.42. The lowest BCUT2D eigenvalue weighted by atomic mass is 9.90. The number of carbonyl (C=O) groups excluding carboxylic acids is 2. The predicted molar refractivity (Wildman–Crippen MR) is 92.2 cm³/mol. The van der Waals surface area contributed by atoms with Gasteiger partial charge in [-0.15, -0.1) is 6.58 Å². The van der Waals surface area contributed by atoms with Crippen molar-refractivity contribution in [2.75, 3.05) is 37.6 Å². The van der Waals surface area contributed by atoms with Gasteiger partial charge in [-0.05, 0) is 26.0 Å². The van der Waals surface area contributed by atoms with E-state index in [2.05, 4.69) is 28.9 Å². The van der Waals surface area contributed by atoms with Crippen LogP contribution in [0.25, 0.3) is 0 Å². The van der Waals surface area contributed by atoms with E-state index in [4.69, 9.17) is 0 Å². The molecule has 1 heterocycles. The largest absolute Gasteiger partial charge is 0.368 e.